The van der Waals surface area contributed by atoms with Crippen molar-refractivity contribution < 1.29 is 9.53 Å². The van der Waals surface area contributed by atoms with Crippen LogP contribution in [0.4, 0.5) is 0 Å². The number of nitrogens with one attached hydrogen (secondary N) is 1. The average molecular weight is 438 g/mol. The number of thioether (sulfide) groups is 1. The number of nitrogens with zero attached hydrogens (tertiary/aromatic N) is 2. The van der Waals surface area contributed by atoms with Gasteiger partial charge in [-0.15, -0.1) is 0 Å². The standard InChI is InChI=1S/C24H27N3O3S/c1-30-21-13-7-2-8-17(21)14-15-25-22(28)16-31-24-26-20-12-6-5-11-19(20)23(29)27(24)18-9-3-4-10-18/h2,5-8,11-13,18H,3-4,9-10,14-16H2,1H3,(H,25,28). The number of hydrogen-bond acceptors (Lipinski definition) is 5. The van der Waals surface area contributed by atoms with Crippen LogP contribution >= 0.6 is 11.8 Å². The maximum Gasteiger partial charge on any atom is 0.262 e. The van der Waals surface area contributed by atoms with Gasteiger partial charge in [-0.25, -0.2) is 4.98 Å². The molecule has 0 atom stereocenters. The zero-order valence-electron chi connectivity index (χ0n) is 17.7. The van der Waals surface area contributed by atoms with Crippen molar-refractivity contribution in [2.45, 2.75) is 43.3 Å². The number of carbonyl (C=O) groups excluding carboxylic acids is 1. The minimum absolute atomic E-state index is 0.00317. The van der Waals surface area contributed by atoms with Crippen LogP contribution in [0.2, 0.25) is 0 Å². The summed E-state index contributed by atoms with van der Waals surface area (Å²) in [5.74, 6) is 0.982. The number of para-hydroxylation sites is 2. The molecule has 162 valence electrons. The van der Waals surface area contributed by atoms with Gasteiger partial charge >= 0.3 is 0 Å². The van der Waals surface area contributed by atoms with Crippen molar-refractivity contribution >= 4 is 28.6 Å². The second kappa shape index (κ2) is 10.0. The van der Waals surface area contributed by atoms with E-state index >= 15 is 0 Å². The van der Waals surface area contributed by atoms with E-state index in [1.54, 1.807) is 7.11 Å². The van der Waals surface area contributed by atoms with Crippen molar-refractivity contribution in [2.75, 3.05) is 19.4 Å². The SMILES string of the molecule is COc1ccccc1CCNC(=O)CSc1nc2ccccc2c(=O)n1C1CCCC1. The second-order valence-corrected chi connectivity index (χ2v) is 8.67. The molecule has 0 radical (unpaired) electrons. The van der Waals surface area contributed by atoms with Crippen molar-refractivity contribution in [3.63, 3.8) is 0 Å². The van der Waals surface area contributed by atoms with Crippen molar-refractivity contribution in [1.82, 2.24) is 14.9 Å². The van der Waals surface area contributed by atoms with E-state index in [4.69, 9.17) is 9.72 Å². The van der Waals surface area contributed by atoms with E-state index in [2.05, 4.69) is 5.32 Å². The molecule has 7 heteroatoms. The van der Waals surface area contributed by atoms with Crippen LogP contribution in [-0.2, 0) is 11.2 Å². The predicted octanol–water partition coefficient (Wildman–Crippen LogP) is 3.97. The number of rotatable bonds is 8. The Hall–Kier alpha value is -2.80. The lowest BCUT2D eigenvalue weighted by atomic mass is 10.1. The highest BCUT2D eigenvalue weighted by Crippen LogP contribution is 2.32. The monoisotopic (exact) mass is 437 g/mol. The molecule has 1 heterocycles. The Labute approximate surface area is 186 Å². The van der Waals surface area contributed by atoms with Crippen LogP contribution in [-0.4, -0.2) is 34.9 Å². The number of fused-ring (bicyclic) bond motifs is 1. The lowest BCUT2D eigenvalue weighted by molar-refractivity contribution is -0.118. The van der Waals surface area contributed by atoms with Gasteiger partial charge in [-0.2, -0.15) is 0 Å². The van der Waals surface area contributed by atoms with E-state index in [0.29, 0.717) is 29.0 Å². The molecule has 0 unspecified atom stereocenters. The highest BCUT2D eigenvalue weighted by atomic mass is 32.2. The maximum atomic E-state index is 13.2. The Morgan fingerprint density at radius 1 is 1.16 bits per heavy atom. The predicted molar refractivity (Wildman–Crippen MR) is 124 cm³/mol. The molecule has 31 heavy (non-hydrogen) atoms. The minimum Gasteiger partial charge on any atom is -0.496 e. The summed E-state index contributed by atoms with van der Waals surface area (Å²) in [5, 5.41) is 4.24. The molecule has 3 aromatic rings. The third kappa shape index (κ3) is 4.93. The van der Waals surface area contributed by atoms with E-state index < -0.39 is 0 Å². The number of ether oxygens (including phenoxy) is 1. The molecule has 0 spiro atoms. The first-order chi connectivity index (χ1) is 15.2. The number of benzene rings is 2. The van der Waals surface area contributed by atoms with Crippen molar-refractivity contribution in [1.29, 1.82) is 0 Å². The largest absolute Gasteiger partial charge is 0.496 e. The summed E-state index contributed by atoms with van der Waals surface area (Å²) in [6, 6.07) is 15.4. The second-order valence-electron chi connectivity index (χ2n) is 7.73. The van der Waals surface area contributed by atoms with Gasteiger partial charge in [-0.05, 0) is 43.0 Å². The molecule has 1 aliphatic rings. The molecule has 1 aromatic heterocycles. The molecule has 4 rings (SSSR count). The van der Waals surface area contributed by atoms with E-state index in [-0.39, 0.29) is 23.3 Å². The van der Waals surface area contributed by atoms with Crippen molar-refractivity contribution in [3.05, 3.63) is 64.4 Å². The van der Waals surface area contributed by atoms with Gasteiger partial charge in [0.1, 0.15) is 5.75 Å². The molecule has 1 fully saturated rings. The van der Waals surface area contributed by atoms with Crippen LogP contribution in [0.3, 0.4) is 0 Å². The van der Waals surface area contributed by atoms with Crippen LogP contribution in [0.1, 0.15) is 37.3 Å². The van der Waals surface area contributed by atoms with Gasteiger partial charge in [0.15, 0.2) is 5.16 Å². The molecule has 1 N–H and O–H groups in total. The third-order valence-corrected chi connectivity index (χ3v) is 6.66. The number of hydrogen-bond donors (Lipinski definition) is 1. The Balaban J connectivity index is 1.44. The summed E-state index contributed by atoms with van der Waals surface area (Å²) in [7, 11) is 1.65. The Morgan fingerprint density at radius 2 is 1.90 bits per heavy atom. The molecular formula is C24H27N3O3S. The van der Waals surface area contributed by atoms with E-state index in [1.165, 1.54) is 11.8 Å². The summed E-state index contributed by atoms with van der Waals surface area (Å²) in [5.41, 5.74) is 1.74. The smallest absolute Gasteiger partial charge is 0.262 e. The van der Waals surface area contributed by atoms with Gasteiger partial charge in [0.2, 0.25) is 5.91 Å². The van der Waals surface area contributed by atoms with Crippen molar-refractivity contribution in [2.24, 2.45) is 0 Å². The fourth-order valence-corrected chi connectivity index (χ4v) is 5.04. The molecular weight excluding hydrogens is 410 g/mol. The topological polar surface area (TPSA) is 73.2 Å². The van der Waals surface area contributed by atoms with Crippen LogP contribution in [0.25, 0.3) is 10.9 Å². The molecule has 0 saturated heterocycles. The number of carbonyl (C=O) groups is 1. The summed E-state index contributed by atoms with van der Waals surface area (Å²) in [6.07, 6.45) is 4.91. The first-order valence-electron chi connectivity index (χ1n) is 10.7. The number of amides is 1. The minimum atomic E-state index is -0.0692. The highest BCUT2D eigenvalue weighted by molar-refractivity contribution is 7.99. The lowest BCUT2D eigenvalue weighted by Gasteiger charge is -2.18. The lowest BCUT2D eigenvalue weighted by Crippen LogP contribution is -2.29. The van der Waals surface area contributed by atoms with E-state index in [9.17, 15) is 9.59 Å². The molecule has 1 amide bonds. The molecule has 2 aromatic carbocycles. The van der Waals surface area contributed by atoms with Gasteiger partial charge in [-0.3, -0.25) is 14.2 Å². The van der Waals surface area contributed by atoms with E-state index in [1.807, 2.05) is 53.1 Å². The summed E-state index contributed by atoms with van der Waals surface area (Å²) < 4.78 is 7.18. The Kier molecular flexibility index (Phi) is 6.92. The summed E-state index contributed by atoms with van der Waals surface area (Å²) in [6.45, 7) is 0.528. The normalized spacial score (nSPS) is 14.1. The van der Waals surface area contributed by atoms with Crippen LogP contribution in [0, 0.1) is 0 Å². The van der Waals surface area contributed by atoms with Crippen molar-refractivity contribution in [3.8, 4) is 5.75 Å². The molecule has 0 bridgehead atoms. The Morgan fingerprint density at radius 3 is 2.71 bits per heavy atom. The van der Waals surface area contributed by atoms with Crippen LogP contribution < -0.4 is 15.6 Å². The highest BCUT2D eigenvalue weighted by Gasteiger charge is 2.23. The quantitative estimate of drug-likeness (QED) is 0.426. The number of methoxy groups -OCH3 is 1. The fraction of sp³-hybridized carbons (Fsp3) is 0.375. The Bertz CT molecular complexity index is 1120. The van der Waals surface area contributed by atoms with Crippen LogP contribution in [0.5, 0.6) is 5.75 Å². The molecule has 6 nitrogen and oxygen atoms in total. The van der Waals surface area contributed by atoms with Crippen LogP contribution in [0.15, 0.2) is 58.5 Å². The molecule has 0 aliphatic heterocycles. The molecule has 1 aliphatic carbocycles. The zero-order valence-corrected chi connectivity index (χ0v) is 18.5. The van der Waals surface area contributed by atoms with Gasteiger partial charge in [0.05, 0.1) is 23.8 Å². The van der Waals surface area contributed by atoms with Gasteiger partial charge < -0.3 is 10.1 Å². The first kappa shape index (κ1) is 21.4. The maximum absolute atomic E-state index is 13.2. The zero-order chi connectivity index (χ0) is 21.6. The first-order valence-corrected chi connectivity index (χ1v) is 11.7. The fourth-order valence-electron chi connectivity index (χ4n) is 4.14. The average Bonchev–Trinajstić information content (AvgIpc) is 3.32. The van der Waals surface area contributed by atoms with Gasteiger partial charge in [0, 0.05) is 12.6 Å². The summed E-state index contributed by atoms with van der Waals surface area (Å²) >= 11 is 1.34. The number of aromatic nitrogens is 2. The third-order valence-electron chi connectivity index (χ3n) is 5.71. The molecule has 1 saturated carbocycles. The summed E-state index contributed by atoms with van der Waals surface area (Å²) in [4.78, 5) is 30.4. The van der Waals surface area contributed by atoms with Gasteiger partial charge in [0.25, 0.3) is 5.56 Å². The van der Waals surface area contributed by atoms with Gasteiger partial charge in [-0.1, -0.05) is 54.9 Å². The van der Waals surface area contributed by atoms with E-state index in [0.717, 1.165) is 37.0 Å².